The zero-order chi connectivity index (χ0) is 20.5. The molecule has 0 radical (unpaired) electrons. The summed E-state index contributed by atoms with van der Waals surface area (Å²) in [6.07, 6.45) is 4.24. The van der Waals surface area contributed by atoms with Gasteiger partial charge in [-0.2, -0.15) is 0 Å². The molecule has 1 aromatic carbocycles. The van der Waals surface area contributed by atoms with E-state index in [1.165, 1.54) is 11.1 Å². The Kier molecular flexibility index (Phi) is 5.56. The van der Waals surface area contributed by atoms with Crippen LogP contribution >= 0.6 is 0 Å². The first-order valence-electron chi connectivity index (χ1n) is 9.23. The number of rotatable bonds is 6. The van der Waals surface area contributed by atoms with Gasteiger partial charge in [-0.25, -0.2) is 18.4 Å². The summed E-state index contributed by atoms with van der Waals surface area (Å²) in [6.45, 7) is 7.52. The topological polar surface area (TPSA) is 76.9 Å². The van der Waals surface area contributed by atoms with Crippen molar-refractivity contribution >= 4 is 21.5 Å². The van der Waals surface area contributed by atoms with E-state index in [2.05, 4.69) is 35.3 Å². The van der Waals surface area contributed by atoms with Crippen molar-refractivity contribution in [3.63, 3.8) is 0 Å². The molecule has 1 N–H and O–H groups in total. The molecule has 3 rings (SSSR count). The van der Waals surface area contributed by atoms with Crippen molar-refractivity contribution in [3.8, 4) is 0 Å². The lowest BCUT2D eigenvalue weighted by Crippen LogP contribution is -2.14. The summed E-state index contributed by atoms with van der Waals surface area (Å²) in [5.74, 6) is 2.33. The molecular weight excluding hydrogens is 372 g/mol. The summed E-state index contributed by atoms with van der Waals surface area (Å²) < 4.78 is 26.9. The summed E-state index contributed by atoms with van der Waals surface area (Å²) >= 11 is 0. The predicted octanol–water partition coefficient (Wildman–Crippen LogP) is 3.95. The molecule has 0 fully saturated rings. The highest BCUT2D eigenvalue weighted by molar-refractivity contribution is 7.92. The Bertz CT molecular complexity index is 1100. The van der Waals surface area contributed by atoms with E-state index in [0.717, 1.165) is 11.4 Å². The average molecular weight is 399 g/mol. The number of anilines is 2. The molecule has 0 saturated heterocycles. The lowest BCUT2D eigenvalue weighted by Gasteiger charge is -2.11. The molecule has 3 aromatic rings. The molecule has 0 bridgehead atoms. The van der Waals surface area contributed by atoms with Crippen LogP contribution in [0.4, 0.5) is 11.6 Å². The van der Waals surface area contributed by atoms with Crippen LogP contribution in [0.1, 0.15) is 36.4 Å². The van der Waals surface area contributed by atoms with Gasteiger partial charge >= 0.3 is 0 Å². The van der Waals surface area contributed by atoms with Gasteiger partial charge in [0, 0.05) is 25.9 Å². The Balaban J connectivity index is 1.84. The molecule has 28 heavy (non-hydrogen) atoms. The Morgan fingerprint density at radius 3 is 2.57 bits per heavy atom. The fraction of sp³-hybridized carbons (Fsp3) is 0.333. The number of nitrogens with one attached hydrogen (secondary N) is 1. The number of aryl methyl sites for hydroxylation is 2. The molecule has 0 amide bonds. The molecule has 2 aromatic heterocycles. The average Bonchev–Trinajstić information content (AvgIpc) is 2.88. The maximum atomic E-state index is 12.4. The number of hydrogen-bond acceptors (Lipinski definition) is 5. The molecule has 0 aliphatic carbocycles. The molecule has 6 nitrogen and oxygen atoms in total. The molecule has 0 aliphatic heterocycles. The molecule has 2 heterocycles. The SMILES string of the molecule is Cc1cn(C)c(Nc2ccnc(Cc3cccc(S(=O)(=O)C(C)C)c3)n2)c1C. The van der Waals surface area contributed by atoms with Crippen molar-refractivity contribution in [2.24, 2.45) is 7.05 Å². The van der Waals surface area contributed by atoms with Crippen molar-refractivity contribution in [2.45, 2.75) is 44.3 Å². The minimum atomic E-state index is -3.30. The number of aromatic nitrogens is 3. The second-order valence-corrected chi connectivity index (χ2v) is 9.80. The number of benzene rings is 1. The summed E-state index contributed by atoms with van der Waals surface area (Å²) in [7, 11) is -1.31. The van der Waals surface area contributed by atoms with Gasteiger partial charge in [0.15, 0.2) is 9.84 Å². The zero-order valence-corrected chi connectivity index (χ0v) is 17.7. The first-order valence-corrected chi connectivity index (χ1v) is 10.8. The molecule has 148 valence electrons. The fourth-order valence-electron chi connectivity index (χ4n) is 3.05. The highest BCUT2D eigenvalue weighted by atomic mass is 32.2. The summed E-state index contributed by atoms with van der Waals surface area (Å²) in [5, 5.41) is 2.90. The Morgan fingerprint density at radius 1 is 1.18 bits per heavy atom. The monoisotopic (exact) mass is 398 g/mol. The van der Waals surface area contributed by atoms with Gasteiger partial charge in [0.05, 0.1) is 10.1 Å². The van der Waals surface area contributed by atoms with Gasteiger partial charge in [0.25, 0.3) is 0 Å². The van der Waals surface area contributed by atoms with Crippen LogP contribution in [-0.2, 0) is 23.3 Å². The molecule has 0 atom stereocenters. The van der Waals surface area contributed by atoms with Gasteiger partial charge in [0.1, 0.15) is 17.5 Å². The quantitative estimate of drug-likeness (QED) is 0.680. The Morgan fingerprint density at radius 2 is 1.93 bits per heavy atom. The normalized spacial score (nSPS) is 11.8. The van der Waals surface area contributed by atoms with E-state index < -0.39 is 15.1 Å². The van der Waals surface area contributed by atoms with Crippen molar-refractivity contribution in [2.75, 3.05) is 5.32 Å². The predicted molar refractivity (Wildman–Crippen MR) is 112 cm³/mol. The standard InChI is InChI=1S/C21H26N4O2S/c1-14(2)28(26,27)18-8-6-7-17(11-18)12-20-22-10-9-19(23-20)24-21-16(4)15(3)13-25(21)5/h6-11,13-14H,12H2,1-5H3,(H,22,23,24). The highest BCUT2D eigenvalue weighted by Crippen LogP contribution is 2.23. The second kappa shape index (κ2) is 7.75. The summed E-state index contributed by atoms with van der Waals surface area (Å²) in [5.41, 5.74) is 3.25. The number of sulfone groups is 1. The minimum Gasteiger partial charge on any atom is -0.337 e. The van der Waals surface area contributed by atoms with Crippen molar-refractivity contribution in [1.82, 2.24) is 14.5 Å². The van der Waals surface area contributed by atoms with E-state index in [4.69, 9.17) is 0 Å². The van der Waals surface area contributed by atoms with Crippen molar-refractivity contribution < 1.29 is 8.42 Å². The van der Waals surface area contributed by atoms with E-state index in [0.29, 0.717) is 23.0 Å². The lowest BCUT2D eigenvalue weighted by molar-refractivity contribution is 0.587. The van der Waals surface area contributed by atoms with Crippen LogP contribution in [0.25, 0.3) is 0 Å². The van der Waals surface area contributed by atoms with Gasteiger partial charge < -0.3 is 9.88 Å². The first-order chi connectivity index (χ1) is 13.2. The Hall–Kier alpha value is -2.67. The summed E-state index contributed by atoms with van der Waals surface area (Å²) in [6, 6.07) is 8.84. The third kappa shape index (κ3) is 4.09. The van der Waals surface area contributed by atoms with Crippen LogP contribution in [0, 0.1) is 13.8 Å². The van der Waals surface area contributed by atoms with Gasteiger partial charge in [-0.05, 0) is 62.6 Å². The minimum absolute atomic E-state index is 0.337. The van der Waals surface area contributed by atoms with Crippen molar-refractivity contribution in [1.29, 1.82) is 0 Å². The van der Waals surface area contributed by atoms with Crippen LogP contribution in [0.15, 0.2) is 47.6 Å². The molecule has 0 saturated carbocycles. The second-order valence-electron chi connectivity index (χ2n) is 7.30. The van der Waals surface area contributed by atoms with Crippen LogP contribution in [0.5, 0.6) is 0 Å². The zero-order valence-electron chi connectivity index (χ0n) is 16.9. The van der Waals surface area contributed by atoms with Crippen LogP contribution < -0.4 is 5.32 Å². The van der Waals surface area contributed by atoms with Gasteiger partial charge in [-0.15, -0.1) is 0 Å². The molecular formula is C21H26N4O2S. The largest absolute Gasteiger partial charge is 0.337 e. The van der Waals surface area contributed by atoms with Gasteiger partial charge in [-0.3, -0.25) is 0 Å². The van der Waals surface area contributed by atoms with E-state index in [1.54, 1.807) is 38.2 Å². The van der Waals surface area contributed by atoms with E-state index in [9.17, 15) is 8.42 Å². The Labute approximate surface area is 166 Å². The van der Waals surface area contributed by atoms with Gasteiger partial charge in [0.2, 0.25) is 0 Å². The summed E-state index contributed by atoms with van der Waals surface area (Å²) in [4.78, 5) is 9.28. The number of nitrogens with zero attached hydrogens (tertiary/aromatic N) is 3. The maximum absolute atomic E-state index is 12.4. The van der Waals surface area contributed by atoms with Crippen LogP contribution in [0.2, 0.25) is 0 Å². The maximum Gasteiger partial charge on any atom is 0.180 e. The molecule has 0 spiro atoms. The van der Waals surface area contributed by atoms with E-state index in [-0.39, 0.29) is 0 Å². The van der Waals surface area contributed by atoms with Gasteiger partial charge in [-0.1, -0.05) is 12.1 Å². The lowest BCUT2D eigenvalue weighted by atomic mass is 10.1. The first kappa shape index (κ1) is 20.1. The van der Waals surface area contributed by atoms with Crippen molar-refractivity contribution in [3.05, 3.63) is 65.2 Å². The third-order valence-electron chi connectivity index (χ3n) is 4.85. The van der Waals surface area contributed by atoms with Crippen LogP contribution in [0.3, 0.4) is 0 Å². The van der Waals surface area contributed by atoms with E-state index in [1.807, 2.05) is 23.7 Å². The van der Waals surface area contributed by atoms with Crippen LogP contribution in [-0.4, -0.2) is 28.2 Å². The van der Waals surface area contributed by atoms with E-state index >= 15 is 0 Å². The smallest absolute Gasteiger partial charge is 0.180 e. The molecule has 0 unspecified atom stereocenters. The molecule has 0 aliphatic rings. The highest BCUT2D eigenvalue weighted by Gasteiger charge is 2.19. The number of hydrogen-bond donors (Lipinski definition) is 1. The molecule has 7 heteroatoms. The fourth-order valence-corrected chi connectivity index (χ4v) is 4.18. The third-order valence-corrected chi connectivity index (χ3v) is 7.00.